The van der Waals surface area contributed by atoms with Crippen LogP contribution in [0.2, 0.25) is 0 Å². The van der Waals surface area contributed by atoms with E-state index in [4.69, 9.17) is 52.8 Å². The van der Waals surface area contributed by atoms with Gasteiger partial charge < -0.3 is 32.9 Å². The summed E-state index contributed by atoms with van der Waals surface area (Å²) in [7, 11) is 0. The first kappa shape index (κ1) is 26.6. The van der Waals surface area contributed by atoms with E-state index in [9.17, 15) is 0 Å². The second-order valence-corrected chi connectivity index (χ2v) is 10.7. The van der Waals surface area contributed by atoms with Crippen LogP contribution in [0.25, 0.3) is 89.7 Å². The molecule has 8 bridgehead atoms. The summed E-state index contributed by atoms with van der Waals surface area (Å²) in [5.74, 6) is 1.88. The first-order valence-electron chi connectivity index (χ1n) is 13.8. The Morgan fingerprint density at radius 1 is 0.378 bits per heavy atom. The molecular weight excluding hydrogens is 616 g/mol. The van der Waals surface area contributed by atoms with E-state index in [0.29, 0.717) is 56.7 Å². The third-order valence-electron chi connectivity index (χ3n) is 8.16. The van der Waals surface area contributed by atoms with Crippen molar-refractivity contribution in [1.82, 2.24) is 39.9 Å². The summed E-state index contributed by atoms with van der Waals surface area (Å²) in [5.41, 5.74) is 31.8. The molecule has 12 nitrogen and oxygen atoms in total. The smallest absolute Gasteiger partial charge is 0.164 e. The van der Waals surface area contributed by atoms with Crippen molar-refractivity contribution in [3.8, 4) is 45.6 Å². The van der Waals surface area contributed by atoms with E-state index >= 15 is 0 Å². The summed E-state index contributed by atoms with van der Waals surface area (Å²) in [6, 6.07) is 23.5. The number of aromatic nitrogens is 8. The van der Waals surface area contributed by atoms with E-state index in [1.54, 1.807) is 0 Å². The molecule has 9 rings (SSSR count). The molecule has 3 aromatic heterocycles. The van der Waals surface area contributed by atoms with Crippen molar-refractivity contribution in [3.05, 3.63) is 72.8 Å². The molecule has 2 aliphatic heterocycles. The summed E-state index contributed by atoms with van der Waals surface area (Å²) in [6.07, 6.45) is 0. The van der Waals surface area contributed by atoms with E-state index in [1.807, 2.05) is 72.8 Å². The molecule has 2 aliphatic rings. The van der Waals surface area contributed by atoms with Crippen molar-refractivity contribution in [3.63, 3.8) is 0 Å². The Morgan fingerprint density at radius 2 is 0.689 bits per heavy atom. The van der Waals surface area contributed by atoms with Crippen molar-refractivity contribution in [2.75, 3.05) is 22.9 Å². The SMILES string of the molecule is Nc1c(N)c(N)c2c3nc4nc(nc5[nH]c(nc6nc(nc([nH]3)c2c1N)-c1ccccc1-6)c1ccccc51)-c1ccccc1-4.[Cu]. The van der Waals surface area contributed by atoms with Gasteiger partial charge in [-0.3, -0.25) is 0 Å². The monoisotopic (exact) mass is 637 g/mol. The Hall–Kier alpha value is -6.04. The van der Waals surface area contributed by atoms with Crippen molar-refractivity contribution < 1.29 is 17.1 Å². The zero-order valence-corrected chi connectivity index (χ0v) is 24.2. The Morgan fingerprint density at radius 3 is 1.07 bits per heavy atom. The molecule has 13 heteroatoms. The molecule has 7 aromatic rings. The zero-order chi connectivity index (χ0) is 29.7. The molecule has 0 saturated carbocycles. The summed E-state index contributed by atoms with van der Waals surface area (Å²) < 4.78 is 0. The maximum Gasteiger partial charge on any atom is 0.164 e. The fourth-order valence-corrected chi connectivity index (χ4v) is 6.00. The number of nitrogens with zero attached hydrogens (tertiary/aromatic N) is 6. The molecule has 0 unspecified atom stereocenters. The van der Waals surface area contributed by atoms with Gasteiger partial charge in [0, 0.05) is 50.1 Å². The minimum Gasteiger partial charge on any atom is -0.396 e. The van der Waals surface area contributed by atoms with Gasteiger partial charge in [0.1, 0.15) is 22.6 Å². The van der Waals surface area contributed by atoms with Crippen LogP contribution in [0.15, 0.2) is 72.8 Å². The second-order valence-electron chi connectivity index (χ2n) is 10.7. The van der Waals surface area contributed by atoms with Gasteiger partial charge in [-0.25, -0.2) is 29.9 Å². The molecule has 0 atom stereocenters. The molecule has 10 N–H and O–H groups in total. The van der Waals surface area contributed by atoms with Crippen molar-refractivity contribution in [2.24, 2.45) is 0 Å². The fraction of sp³-hybridized carbons (Fsp3) is 0. The molecular formula is C32H22CuN12. The summed E-state index contributed by atoms with van der Waals surface area (Å²) in [6.45, 7) is 0. The van der Waals surface area contributed by atoms with Gasteiger partial charge in [0.05, 0.1) is 33.5 Å². The number of rotatable bonds is 0. The first-order valence-corrected chi connectivity index (χ1v) is 13.8. The number of hydrogen-bond donors (Lipinski definition) is 6. The molecule has 0 spiro atoms. The van der Waals surface area contributed by atoms with E-state index in [0.717, 1.165) is 33.0 Å². The second kappa shape index (κ2) is 9.48. The van der Waals surface area contributed by atoms with Crippen molar-refractivity contribution in [2.45, 2.75) is 0 Å². The van der Waals surface area contributed by atoms with E-state index in [-0.39, 0.29) is 39.8 Å². The molecule has 0 saturated heterocycles. The molecule has 221 valence electrons. The summed E-state index contributed by atoms with van der Waals surface area (Å²) in [4.78, 5) is 36.4. The standard InChI is InChI=1S/C32H22N12.Cu/c33-21-19-20(22(34)24(36)23(21)35)32-43-30-18-12-6-4-10-16(18)28(41-30)39-26-14-8-2-1-7-13(14)25(37-26)38-27-15-9-3-5-11-17(15)29(40-27)42-31(19)44-32;/h1-12H,33-36H2,(H2,37,38,39,40,41,42,43,44);. The van der Waals surface area contributed by atoms with Crippen molar-refractivity contribution >= 4 is 66.9 Å². The Bertz CT molecular complexity index is 2400. The van der Waals surface area contributed by atoms with E-state index in [2.05, 4.69) is 9.97 Å². The number of H-pyrrole nitrogens is 2. The van der Waals surface area contributed by atoms with Crippen LogP contribution in [0.3, 0.4) is 0 Å². The van der Waals surface area contributed by atoms with Gasteiger partial charge in [-0.05, 0) is 0 Å². The van der Waals surface area contributed by atoms with Crippen LogP contribution in [0.1, 0.15) is 0 Å². The van der Waals surface area contributed by atoms with Gasteiger partial charge in [-0.15, -0.1) is 0 Å². The normalized spacial score (nSPS) is 11.7. The maximum atomic E-state index is 6.56. The molecule has 0 fully saturated rings. The van der Waals surface area contributed by atoms with Crippen LogP contribution in [0.4, 0.5) is 22.7 Å². The number of aromatic amines is 2. The average molecular weight is 638 g/mol. The van der Waals surface area contributed by atoms with Gasteiger partial charge in [-0.1, -0.05) is 72.8 Å². The van der Waals surface area contributed by atoms with Gasteiger partial charge in [0.25, 0.3) is 0 Å². The molecule has 0 amide bonds. The number of fused-ring (bicyclic) bond motifs is 20. The first-order chi connectivity index (χ1) is 21.5. The van der Waals surface area contributed by atoms with Gasteiger partial charge in [0.15, 0.2) is 23.3 Å². The molecule has 0 aliphatic carbocycles. The van der Waals surface area contributed by atoms with Crippen LogP contribution in [0, 0.1) is 0 Å². The number of anilines is 4. The topological polar surface area (TPSA) is 213 Å². The van der Waals surface area contributed by atoms with Crippen LogP contribution in [-0.2, 0) is 17.1 Å². The molecule has 45 heavy (non-hydrogen) atoms. The Kier molecular flexibility index (Phi) is 5.60. The Balaban J connectivity index is 0.00000300. The third-order valence-corrected chi connectivity index (χ3v) is 8.16. The molecule has 1 radical (unpaired) electrons. The Labute approximate surface area is 264 Å². The third kappa shape index (κ3) is 3.71. The minimum atomic E-state index is 0. The van der Waals surface area contributed by atoms with E-state index < -0.39 is 0 Å². The minimum absolute atomic E-state index is 0. The quantitative estimate of drug-likeness (QED) is 0.0944. The van der Waals surface area contributed by atoms with Crippen LogP contribution in [-0.4, -0.2) is 39.9 Å². The molecule has 5 heterocycles. The van der Waals surface area contributed by atoms with Gasteiger partial charge in [-0.2, -0.15) is 0 Å². The number of nitrogen functional groups attached to an aromatic ring is 4. The number of nitrogens with two attached hydrogens (primary N) is 4. The van der Waals surface area contributed by atoms with Crippen LogP contribution in [0.5, 0.6) is 0 Å². The number of nitrogens with one attached hydrogen (secondary N) is 2. The van der Waals surface area contributed by atoms with Crippen molar-refractivity contribution in [1.29, 1.82) is 0 Å². The fourth-order valence-electron chi connectivity index (χ4n) is 6.00. The average Bonchev–Trinajstić information content (AvgIpc) is 3.78. The van der Waals surface area contributed by atoms with Gasteiger partial charge >= 0.3 is 0 Å². The van der Waals surface area contributed by atoms with E-state index in [1.165, 1.54) is 0 Å². The summed E-state index contributed by atoms with van der Waals surface area (Å²) >= 11 is 0. The van der Waals surface area contributed by atoms with Crippen LogP contribution >= 0.6 is 0 Å². The molecule has 4 aromatic carbocycles. The van der Waals surface area contributed by atoms with Crippen LogP contribution < -0.4 is 22.9 Å². The van der Waals surface area contributed by atoms with Gasteiger partial charge in [0.2, 0.25) is 0 Å². The predicted molar refractivity (Wildman–Crippen MR) is 174 cm³/mol. The summed E-state index contributed by atoms with van der Waals surface area (Å²) in [5, 5.41) is 2.78. The number of hydrogen-bond acceptors (Lipinski definition) is 10. The maximum absolute atomic E-state index is 6.56. The largest absolute Gasteiger partial charge is 0.396 e. The zero-order valence-electron chi connectivity index (χ0n) is 23.2. The number of benzene rings is 4. The predicted octanol–water partition coefficient (Wildman–Crippen LogP) is 5.20.